The number of rotatable bonds is 3. The maximum atomic E-state index is 10.3. The molecule has 0 spiro atoms. The lowest BCUT2D eigenvalue weighted by Crippen LogP contribution is -2.44. The third kappa shape index (κ3) is 3.31. The van der Waals surface area contributed by atoms with Crippen molar-refractivity contribution in [3.63, 3.8) is 0 Å². The highest BCUT2D eigenvalue weighted by Gasteiger charge is 2.37. The Morgan fingerprint density at radius 2 is 2.07 bits per heavy atom. The average Bonchev–Trinajstić information content (AvgIpc) is 3.13. The van der Waals surface area contributed by atoms with Gasteiger partial charge in [0.05, 0.1) is 41.5 Å². The van der Waals surface area contributed by atoms with Gasteiger partial charge in [0.1, 0.15) is 18.0 Å². The van der Waals surface area contributed by atoms with E-state index in [4.69, 9.17) is 10.00 Å². The van der Waals surface area contributed by atoms with Crippen molar-refractivity contribution in [2.75, 3.05) is 6.61 Å². The zero-order valence-corrected chi connectivity index (χ0v) is 14.4. The summed E-state index contributed by atoms with van der Waals surface area (Å²) < 4.78 is 5.76. The van der Waals surface area contributed by atoms with Crippen molar-refractivity contribution in [1.29, 1.82) is 5.26 Å². The highest BCUT2D eigenvalue weighted by molar-refractivity contribution is 5.80. The molecule has 138 valence electrons. The molecule has 2 heterocycles. The minimum atomic E-state index is -1.07. The van der Waals surface area contributed by atoms with Gasteiger partial charge in [0.15, 0.2) is 0 Å². The number of aliphatic hydroxyl groups excluding tert-OH is 3. The van der Waals surface area contributed by atoms with Gasteiger partial charge in [-0.1, -0.05) is 18.2 Å². The fourth-order valence-corrected chi connectivity index (χ4v) is 3.43. The summed E-state index contributed by atoms with van der Waals surface area (Å²) in [5, 5.41) is 38.8. The van der Waals surface area contributed by atoms with E-state index >= 15 is 0 Å². The van der Waals surface area contributed by atoms with E-state index in [1.807, 2.05) is 18.2 Å². The number of fused-ring (bicyclic) bond motifs is 1. The first kappa shape index (κ1) is 17.6. The molecule has 0 bridgehead atoms. The van der Waals surface area contributed by atoms with E-state index in [0.29, 0.717) is 17.0 Å². The molecule has 1 aromatic heterocycles. The van der Waals surface area contributed by atoms with Gasteiger partial charge >= 0.3 is 0 Å². The predicted octanol–water partition coefficient (Wildman–Crippen LogP) is 1.65. The molecule has 4 unspecified atom stereocenters. The third-order valence-electron chi connectivity index (χ3n) is 4.85. The molecule has 7 nitrogen and oxygen atoms in total. The summed E-state index contributed by atoms with van der Waals surface area (Å²) >= 11 is 0. The summed E-state index contributed by atoms with van der Waals surface area (Å²) in [7, 11) is 0. The topological polar surface area (TPSA) is 122 Å². The largest absolute Gasteiger partial charge is 0.394 e. The lowest BCUT2D eigenvalue weighted by molar-refractivity contribution is -0.179. The molecule has 1 saturated heterocycles. The molecule has 2 aromatic carbocycles. The fraction of sp³-hybridized carbons (Fsp3) is 0.300. The SMILES string of the molecule is N#Cc1ccc2nc(-c3cccc(C4OC(CO)CC(O)C4O)c3)[nH]c2c1. The number of aromatic amines is 1. The van der Waals surface area contributed by atoms with E-state index < -0.39 is 24.4 Å². The van der Waals surface area contributed by atoms with Crippen LogP contribution in [0.3, 0.4) is 0 Å². The number of benzene rings is 2. The van der Waals surface area contributed by atoms with Gasteiger partial charge in [-0.05, 0) is 29.8 Å². The van der Waals surface area contributed by atoms with E-state index in [1.165, 1.54) is 0 Å². The van der Waals surface area contributed by atoms with Crippen LogP contribution < -0.4 is 0 Å². The molecule has 4 N–H and O–H groups in total. The molecule has 7 heteroatoms. The molecule has 27 heavy (non-hydrogen) atoms. The Balaban J connectivity index is 1.69. The Bertz CT molecular complexity index is 1010. The molecule has 4 atom stereocenters. The van der Waals surface area contributed by atoms with Crippen LogP contribution in [-0.4, -0.2) is 50.2 Å². The number of imidazole rings is 1. The number of hydrogen-bond acceptors (Lipinski definition) is 6. The van der Waals surface area contributed by atoms with Gasteiger partial charge in [-0.2, -0.15) is 5.26 Å². The highest BCUT2D eigenvalue weighted by atomic mass is 16.5. The Hall–Kier alpha value is -2.76. The first-order valence-corrected chi connectivity index (χ1v) is 8.71. The minimum absolute atomic E-state index is 0.193. The van der Waals surface area contributed by atoms with E-state index in [-0.39, 0.29) is 13.0 Å². The third-order valence-corrected chi connectivity index (χ3v) is 4.85. The summed E-state index contributed by atoms with van der Waals surface area (Å²) in [6.07, 6.45) is -3.09. The molecule has 4 rings (SSSR count). The maximum absolute atomic E-state index is 10.3. The number of nitrogens with zero attached hydrogens (tertiary/aromatic N) is 2. The van der Waals surface area contributed by atoms with E-state index in [2.05, 4.69) is 16.0 Å². The highest BCUT2D eigenvalue weighted by Crippen LogP contribution is 2.33. The molecular formula is C20H19N3O4. The smallest absolute Gasteiger partial charge is 0.138 e. The van der Waals surface area contributed by atoms with Crippen LogP contribution in [0.5, 0.6) is 0 Å². The van der Waals surface area contributed by atoms with Crippen molar-refractivity contribution in [3.8, 4) is 17.5 Å². The molecular weight excluding hydrogens is 346 g/mol. The standard InChI is InChI=1S/C20H19N3O4/c21-9-11-4-5-15-16(6-11)23-20(22-15)13-3-1-2-12(7-13)19-18(26)17(25)8-14(10-24)27-19/h1-7,14,17-19,24-26H,8,10H2,(H,22,23). The van der Waals surface area contributed by atoms with Crippen LogP contribution in [-0.2, 0) is 4.74 Å². The number of aliphatic hydroxyl groups is 3. The van der Waals surface area contributed by atoms with E-state index in [0.717, 1.165) is 16.6 Å². The van der Waals surface area contributed by atoms with Gasteiger partial charge < -0.3 is 25.0 Å². The number of ether oxygens (including phenoxy) is 1. The van der Waals surface area contributed by atoms with Crippen LogP contribution >= 0.6 is 0 Å². The molecule has 1 aliphatic heterocycles. The minimum Gasteiger partial charge on any atom is -0.394 e. The predicted molar refractivity (Wildman–Crippen MR) is 97.6 cm³/mol. The molecule has 0 saturated carbocycles. The molecule has 0 amide bonds. The summed E-state index contributed by atoms with van der Waals surface area (Å²) in [4.78, 5) is 7.75. The van der Waals surface area contributed by atoms with Gasteiger partial charge in [-0.15, -0.1) is 0 Å². The van der Waals surface area contributed by atoms with Gasteiger partial charge in [-0.25, -0.2) is 4.98 Å². The zero-order chi connectivity index (χ0) is 19.0. The van der Waals surface area contributed by atoms with Crippen molar-refractivity contribution >= 4 is 11.0 Å². The molecule has 1 aliphatic rings. The van der Waals surface area contributed by atoms with Crippen LogP contribution in [0.4, 0.5) is 0 Å². The first-order chi connectivity index (χ1) is 13.1. The summed E-state index contributed by atoms with van der Waals surface area (Å²) in [6.45, 7) is -0.217. The molecule has 3 aromatic rings. The Labute approximate surface area is 155 Å². The normalized spacial score (nSPS) is 25.4. The van der Waals surface area contributed by atoms with Crippen LogP contribution in [0.2, 0.25) is 0 Å². The van der Waals surface area contributed by atoms with Crippen molar-refractivity contribution in [1.82, 2.24) is 9.97 Å². The summed E-state index contributed by atoms with van der Waals surface area (Å²) in [5.41, 5.74) is 3.54. The quantitative estimate of drug-likeness (QED) is 0.560. The zero-order valence-electron chi connectivity index (χ0n) is 14.4. The first-order valence-electron chi connectivity index (χ1n) is 8.71. The van der Waals surface area contributed by atoms with Crippen molar-refractivity contribution in [2.45, 2.75) is 30.8 Å². The Morgan fingerprint density at radius 3 is 2.85 bits per heavy atom. The van der Waals surface area contributed by atoms with Crippen molar-refractivity contribution in [2.24, 2.45) is 0 Å². The molecule has 1 fully saturated rings. The van der Waals surface area contributed by atoms with E-state index in [1.54, 1.807) is 24.3 Å². The second-order valence-corrected chi connectivity index (χ2v) is 6.71. The lowest BCUT2D eigenvalue weighted by Gasteiger charge is -2.36. The van der Waals surface area contributed by atoms with Gasteiger partial charge in [-0.3, -0.25) is 0 Å². The number of nitrogens with one attached hydrogen (secondary N) is 1. The van der Waals surface area contributed by atoms with Crippen molar-refractivity contribution in [3.05, 3.63) is 53.6 Å². The van der Waals surface area contributed by atoms with Gasteiger partial charge in [0, 0.05) is 12.0 Å². The second-order valence-electron chi connectivity index (χ2n) is 6.71. The van der Waals surface area contributed by atoms with Crippen LogP contribution in [0.15, 0.2) is 42.5 Å². The number of nitriles is 1. The van der Waals surface area contributed by atoms with Crippen LogP contribution in [0.25, 0.3) is 22.4 Å². The Morgan fingerprint density at radius 1 is 1.22 bits per heavy atom. The second kappa shape index (κ2) is 7.10. The molecule has 0 radical (unpaired) electrons. The molecule has 0 aliphatic carbocycles. The van der Waals surface area contributed by atoms with Crippen LogP contribution in [0, 0.1) is 11.3 Å². The monoisotopic (exact) mass is 365 g/mol. The van der Waals surface area contributed by atoms with E-state index in [9.17, 15) is 15.3 Å². The van der Waals surface area contributed by atoms with Gasteiger partial charge in [0.2, 0.25) is 0 Å². The number of H-pyrrole nitrogens is 1. The summed E-state index contributed by atoms with van der Waals surface area (Å²) in [6, 6.07) is 14.7. The van der Waals surface area contributed by atoms with Crippen LogP contribution in [0.1, 0.15) is 23.7 Å². The van der Waals surface area contributed by atoms with Crippen molar-refractivity contribution < 1.29 is 20.1 Å². The maximum Gasteiger partial charge on any atom is 0.138 e. The number of aromatic nitrogens is 2. The average molecular weight is 365 g/mol. The fourth-order valence-electron chi connectivity index (χ4n) is 3.43. The lowest BCUT2D eigenvalue weighted by atomic mass is 9.92. The Kier molecular flexibility index (Phi) is 4.64. The van der Waals surface area contributed by atoms with Gasteiger partial charge in [0.25, 0.3) is 0 Å². The number of hydrogen-bond donors (Lipinski definition) is 4. The summed E-state index contributed by atoms with van der Waals surface area (Å²) in [5.74, 6) is 0.631.